The second-order valence-corrected chi connectivity index (χ2v) is 5.10. The third-order valence-electron chi connectivity index (χ3n) is 2.16. The Bertz CT molecular complexity index is 190. The first-order valence-electron chi connectivity index (χ1n) is 4.58. The molecule has 0 bridgehead atoms. The molecule has 0 rings (SSSR count). The van der Waals surface area contributed by atoms with Gasteiger partial charge in [0, 0.05) is 5.41 Å². The number of aliphatic hydroxyl groups is 1. The number of rotatable bonds is 2. The summed E-state index contributed by atoms with van der Waals surface area (Å²) in [7, 11) is 0. The van der Waals surface area contributed by atoms with Crippen LogP contribution in [0.4, 0.5) is 0 Å². The summed E-state index contributed by atoms with van der Waals surface area (Å²) in [6.07, 6.45) is -0.557. The van der Waals surface area contributed by atoms with E-state index in [-0.39, 0.29) is 5.91 Å². The maximum absolute atomic E-state index is 11.6. The summed E-state index contributed by atoms with van der Waals surface area (Å²) in [5.41, 5.74) is -0.976. The topological polar surface area (TPSA) is 49.3 Å². The highest BCUT2D eigenvalue weighted by Crippen LogP contribution is 2.16. The van der Waals surface area contributed by atoms with Crippen LogP contribution in [-0.2, 0) is 4.79 Å². The molecule has 1 unspecified atom stereocenters. The van der Waals surface area contributed by atoms with Crippen molar-refractivity contribution in [3.63, 3.8) is 0 Å². The maximum Gasteiger partial charge on any atom is 0.225 e. The number of carbonyl (C=O) groups is 1. The zero-order valence-electron chi connectivity index (χ0n) is 9.43. The second-order valence-electron chi connectivity index (χ2n) is 5.10. The lowest BCUT2D eigenvalue weighted by Crippen LogP contribution is -2.54. The molecule has 3 nitrogen and oxygen atoms in total. The van der Waals surface area contributed by atoms with Gasteiger partial charge >= 0.3 is 0 Å². The molecule has 0 saturated carbocycles. The van der Waals surface area contributed by atoms with E-state index in [9.17, 15) is 9.90 Å². The number of aliphatic hydroxyl groups excluding tert-OH is 1. The molecule has 1 atom stereocenters. The molecule has 0 aliphatic rings. The smallest absolute Gasteiger partial charge is 0.225 e. The summed E-state index contributed by atoms with van der Waals surface area (Å²) >= 11 is 0. The van der Waals surface area contributed by atoms with Gasteiger partial charge in [-0.05, 0) is 20.8 Å². The lowest BCUT2D eigenvalue weighted by Gasteiger charge is -2.32. The Morgan fingerprint density at radius 2 is 1.62 bits per heavy atom. The quantitative estimate of drug-likeness (QED) is 0.684. The van der Waals surface area contributed by atoms with Gasteiger partial charge in [-0.3, -0.25) is 4.79 Å². The van der Waals surface area contributed by atoms with E-state index >= 15 is 0 Å². The van der Waals surface area contributed by atoms with Crippen molar-refractivity contribution in [2.75, 3.05) is 0 Å². The molecule has 78 valence electrons. The third kappa shape index (κ3) is 3.77. The number of amides is 1. The van der Waals surface area contributed by atoms with Gasteiger partial charge in [-0.25, -0.2) is 0 Å². The molecule has 0 aromatic rings. The molecule has 0 radical (unpaired) electrons. The Kier molecular flexibility index (Phi) is 3.50. The Morgan fingerprint density at radius 1 is 1.23 bits per heavy atom. The van der Waals surface area contributed by atoms with Crippen molar-refractivity contribution in [1.29, 1.82) is 0 Å². The third-order valence-corrected chi connectivity index (χ3v) is 2.16. The first-order chi connectivity index (χ1) is 5.57. The Hall–Kier alpha value is -0.570. The number of nitrogens with one attached hydrogen (secondary N) is 1. The number of hydrogen-bond donors (Lipinski definition) is 2. The minimum atomic E-state index is -0.565. The zero-order chi connectivity index (χ0) is 10.9. The van der Waals surface area contributed by atoms with Crippen LogP contribution < -0.4 is 5.32 Å². The molecule has 0 saturated heterocycles. The first-order valence-corrected chi connectivity index (χ1v) is 4.58. The molecular formula is C10H21NO2. The van der Waals surface area contributed by atoms with E-state index in [1.807, 2.05) is 20.8 Å². The van der Waals surface area contributed by atoms with Crippen LogP contribution in [0.2, 0.25) is 0 Å². The van der Waals surface area contributed by atoms with E-state index in [1.165, 1.54) is 0 Å². The van der Waals surface area contributed by atoms with Gasteiger partial charge < -0.3 is 10.4 Å². The van der Waals surface area contributed by atoms with Crippen LogP contribution >= 0.6 is 0 Å². The van der Waals surface area contributed by atoms with Gasteiger partial charge in [0.25, 0.3) is 0 Å². The van der Waals surface area contributed by atoms with Crippen LogP contribution in [0.1, 0.15) is 41.5 Å². The van der Waals surface area contributed by atoms with Crippen LogP contribution in [0.25, 0.3) is 0 Å². The van der Waals surface area contributed by atoms with Gasteiger partial charge in [0.2, 0.25) is 5.91 Å². The monoisotopic (exact) mass is 187 g/mol. The lowest BCUT2D eigenvalue weighted by atomic mass is 9.91. The van der Waals surface area contributed by atoms with Crippen LogP contribution in [0.15, 0.2) is 0 Å². The van der Waals surface area contributed by atoms with Crippen molar-refractivity contribution >= 4 is 5.91 Å². The second kappa shape index (κ2) is 3.66. The highest BCUT2D eigenvalue weighted by atomic mass is 16.3. The van der Waals surface area contributed by atoms with Crippen LogP contribution in [-0.4, -0.2) is 22.7 Å². The van der Waals surface area contributed by atoms with Gasteiger partial charge in [0.1, 0.15) is 0 Å². The van der Waals surface area contributed by atoms with Crippen LogP contribution in [0.3, 0.4) is 0 Å². The Balaban J connectivity index is 4.38. The number of hydrogen-bond acceptors (Lipinski definition) is 2. The van der Waals surface area contributed by atoms with Crippen molar-refractivity contribution in [3.05, 3.63) is 0 Å². The molecule has 0 heterocycles. The fraction of sp³-hybridized carbons (Fsp3) is 0.900. The predicted molar refractivity (Wildman–Crippen MR) is 53.4 cm³/mol. The van der Waals surface area contributed by atoms with Gasteiger partial charge in [0.05, 0.1) is 11.6 Å². The van der Waals surface area contributed by atoms with Crippen molar-refractivity contribution in [2.45, 2.75) is 53.2 Å². The summed E-state index contributed by atoms with van der Waals surface area (Å²) < 4.78 is 0. The minimum Gasteiger partial charge on any atom is -0.391 e. The molecule has 13 heavy (non-hydrogen) atoms. The standard InChI is InChI=1S/C10H21NO2/c1-7(12)10(5,6)11-8(13)9(2,3)4/h7,12H,1-6H3,(H,11,13). The first kappa shape index (κ1) is 12.4. The molecule has 0 spiro atoms. The molecule has 0 aromatic carbocycles. The highest BCUT2D eigenvalue weighted by Gasteiger charge is 2.30. The van der Waals surface area contributed by atoms with Gasteiger partial charge in [-0.1, -0.05) is 20.8 Å². The molecule has 2 N–H and O–H groups in total. The van der Waals surface area contributed by atoms with E-state index in [4.69, 9.17) is 0 Å². The molecule has 0 aliphatic carbocycles. The van der Waals surface area contributed by atoms with E-state index in [0.717, 1.165) is 0 Å². The summed E-state index contributed by atoms with van der Waals surface area (Å²) in [6, 6.07) is 0. The molecule has 3 heteroatoms. The summed E-state index contributed by atoms with van der Waals surface area (Å²) in [5, 5.41) is 12.2. The minimum absolute atomic E-state index is 0.0431. The zero-order valence-corrected chi connectivity index (χ0v) is 9.43. The number of carbonyl (C=O) groups excluding carboxylic acids is 1. The fourth-order valence-electron chi connectivity index (χ4n) is 0.585. The van der Waals surface area contributed by atoms with Crippen molar-refractivity contribution in [2.24, 2.45) is 5.41 Å². The van der Waals surface area contributed by atoms with E-state index in [0.29, 0.717) is 0 Å². The van der Waals surface area contributed by atoms with Gasteiger partial charge in [-0.15, -0.1) is 0 Å². The summed E-state index contributed by atoms with van der Waals surface area (Å²) in [6.45, 7) is 10.8. The van der Waals surface area contributed by atoms with E-state index in [1.54, 1.807) is 20.8 Å². The summed E-state index contributed by atoms with van der Waals surface area (Å²) in [4.78, 5) is 11.6. The largest absolute Gasteiger partial charge is 0.391 e. The molecule has 0 aromatic heterocycles. The molecule has 0 fully saturated rings. The molecule has 1 amide bonds. The Morgan fingerprint density at radius 3 is 1.85 bits per heavy atom. The maximum atomic E-state index is 11.6. The predicted octanol–water partition coefficient (Wildman–Crippen LogP) is 1.31. The van der Waals surface area contributed by atoms with Crippen molar-refractivity contribution in [3.8, 4) is 0 Å². The SMILES string of the molecule is CC(O)C(C)(C)NC(=O)C(C)(C)C. The van der Waals surface area contributed by atoms with E-state index in [2.05, 4.69) is 5.32 Å². The van der Waals surface area contributed by atoms with Crippen LogP contribution in [0, 0.1) is 5.41 Å². The Labute approximate surface area is 80.5 Å². The molecule has 0 aliphatic heterocycles. The van der Waals surface area contributed by atoms with Crippen molar-refractivity contribution < 1.29 is 9.90 Å². The molecular weight excluding hydrogens is 166 g/mol. The average Bonchev–Trinajstić information content (AvgIpc) is 1.83. The van der Waals surface area contributed by atoms with Gasteiger partial charge in [-0.2, -0.15) is 0 Å². The average molecular weight is 187 g/mol. The summed E-state index contributed by atoms with van der Waals surface area (Å²) in [5.74, 6) is -0.0431. The van der Waals surface area contributed by atoms with E-state index < -0.39 is 17.1 Å². The van der Waals surface area contributed by atoms with Crippen LogP contribution in [0.5, 0.6) is 0 Å². The normalized spacial score (nSPS) is 15.3. The van der Waals surface area contributed by atoms with Gasteiger partial charge in [0.15, 0.2) is 0 Å². The lowest BCUT2D eigenvalue weighted by molar-refractivity contribution is -0.131. The van der Waals surface area contributed by atoms with Crippen molar-refractivity contribution in [1.82, 2.24) is 5.32 Å². The highest BCUT2D eigenvalue weighted by molar-refractivity contribution is 5.82. The fourth-order valence-corrected chi connectivity index (χ4v) is 0.585.